The molecule has 7 N–H and O–H groups in total. The molecule has 10 heteroatoms. The highest BCUT2D eigenvalue weighted by molar-refractivity contribution is 6.02. The van der Waals surface area contributed by atoms with Crippen molar-refractivity contribution < 1.29 is 29.6 Å². The van der Waals surface area contributed by atoms with Crippen molar-refractivity contribution in [1.29, 1.82) is 0 Å². The topological polar surface area (TPSA) is 172 Å². The third-order valence-corrected chi connectivity index (χ3v) is 10.7. The van der Waals surface area contributed by atoms with Crippen LogP contribution in [0.3, 0.4) is 0 Å². The first-order chi connectivity index (χ1) is 18.2. The van der Waals surface area contributed by atoms with Gasteiger partial charge in [0.25, 0.3) is 5.91 Å². The van der Waals surface area contributed by atoms with Gasteiger partial charge in [-0.3, -0.25) is 9.79 Å². The number of rotatable bonds is 6. The number of aliphatic hydroxyl groups excluding tert-OH is 1. The quantitative estimate of drug-likeness (QED) is 0.207. The van der Waals surface area contributed by atoms with Crippen LogP contribution in [0.2, 0.25) is 0 Å². The normalized spacial score (nSPS) is 33.2. The monoisotopic (exact) mass is 542 g/mol. The number of nitrogens with zero attached hydrogens (tertiary/aromatic N) is 2. The number of hydrogen-bond acceptors (Lipinski definition) is 6. The van der Waals surface area contributed by atoms with Crippen molar-refractivity contribution in [3.63, 3.8) is 0 Å². The highest BCUT2D eigenvalue weighted by atomic mass is 16.5. The first kappa shape index (κ1) is 27.6. The molecule has 10 nitrogen and oxygen atoms in total. The molecule has 39 heavy (non-hydrogen) atoms. The molecular formula is C29H42N4O6. The second-order valence-electron chi connectivity index (χ2n) is 13.0. The summed E-state index contributed by atoms with van der Waals surface area (Å²) in [4.78, 5) is 31.0. The molecule has 0 bridgehead atoms. The van der Waals surface area contributed by atoms with E-state index in [0.29, 0.717) is 41.7 Å². The van der Waals surface area contributed by atoms with Gasteiger partial charge >= 0.3 is 5.97 Å². The number of hydrogen-bond donors (Lipinski definition) is 5. The van der Waals surface area contributed by atoms with Crippen molar-refractivity contribution in [3.8, 4) is 11.5 Å². The third-order valence-electron chi connectivity index (χ3n) is 10.7. The summed E-state index contributed by atoms with van der Waals surface area (Å²) in [5, 5.41) is 32.0. The van der Waals surface area contributed by atoms with E-state index < -0.39 is 23.5 Å². The Hall–Kier alpha value is -3.01. The number of benzene rings is 1. The number of carbonyl (C=O) groups is 2. The van der Waals surface area contributed by atoms with E-state index in [2.05, 4.69) is 32.7 Å². The van der Waals surface area contributed by atoms with Gasteiger partial charge in [-0.2, -0.15) is 0 Å². The molecule has 2 fully saturated rings. The maximum Gasteiger partial charge on any atom is 0.326 e. The molecule has 0 radical (unpaired) electrons. The zero-order valence-electron chi connectivity index (χ0n) is 23.4. The van der Waals surface area contributed by atoms with E-state index >= 15 is 0 Å². The van der Waals surface area contributed by atoms with Gasteiger partial charge in [0.05, 0.1) is 18.2 Å². The fourth-order valence-electron chi connectivity index (χ4n) is 8.45. The van der Waals surface area contributed by atoms with Crippen molar-refractivity contribution in [2.45, 2.75) is 96.9 Å². The predicted molar refractivity (Wildman–Crippen MR) is 145 cm³/mol. The molecule has 0 saturated heterocycles. The Kier molecular flexibility index (Phi) is 6.56. The molecule has 6 atom stereocenters. The number of guanidine groups is 1. The molecule has 4 aliphatic rings. The lowest BCUT2D eigenvalue weighted by Crippen LogP contribution is -2.66. The molecule has 2 heterocycles. The summed E-state index contributed by atoms with van der Waals surface area (Å²) in [6, 6.07) is 0.433. The molecule has 1 aromatic carbocycles. The van der Waals surface area contributed by atoms with Crippen molar-refractivity contribution in [1.82, 2.24) is 4.90 Å². The van der Waals surface area contributed by atoms with Crippen LogP contribution in [-0.4, -0.2) is 62.3 Å². The van der Waals surface area contributed by atoms with Gasteiger partial charge in [-0.25, -0.2) is 4.79 Å². The third kappa shape index (κ3) is 3.97. The second kappa shape index (κ2) is 9.28. The highest BCUT2D eigenvalue weighted by Gasteiger charge is 2.67. The average molecular weight is 543 g/mol. The molecule has 2 aliphatic carbocycles. The summed E-state index contributed by atoms with van der Waals surface area (Å²) >= 11 is 0. The van der Waals surface area contributed by atoms with Crippen LogP contribution in [0.25, 0.3) is 0 Å². The summed E-state index contributed by atoms with van der Waals surface area (Å²) in [6.07, 6.45) is 4.17. The van der Waals surface area contributed by atoms with E-state index in [0.717, 1.165) is 19.3 Å². The van der Waals surface area contributed by atoms with Gasteiger partial charge in [-0.15, -0.1) is 0 Å². The highest BCUT2D eigenvalue weighted by Crippen LogP contribution is 2.67. The minimum absolute atomic E-state index is 0.0171. The van der Waals surface area contributed by atoms with Crippen LogP contribution in [0.15, 0.2) is 11.1 Å². The van der Waals surface area contributed by atoms with E-state index in [1.165, 1.54) is 11.0 Å². The van der Waals surface area contributed by atoms with E-state index in [1.807, 2.05) is 0 Å². The number of aliphatic hydroxyl groups is 1. The lowest BCUT2D eigenvalue weighted by Gasteiger charge is -2.64. The Morgan fingerprint density at radius 1 is 1.23 bits per heavy atom. The largest absolute Gasteiger partial charge is 0.508 e. The average Bonchev–Trinajstić information content (AvgIpc) is 3.41. The smallest absolute Gasteiger partial charge is 0.326 e. The number of ether oxygens (including phenoxy) is 1. The number of amides is 1. The SMILES string of the molecule is C[C@@H]1CC[C@H]2C(C)(C)[C@H](O)CC[C@]2(C)[C@]12Cc1c(O)cc3c(c1O2)CN([C@@H](CCCN=C(N)N)C(=O)O)C3=O. The molecule has 1 spiro atoms. The van der Waals surface area contributed by atoms with Crippen LogP contribution in [-0.2, 0) is 17.8 Å². The molecule has 5 rings (SSSR count). The van der Waals surface area contributed by atoms with Gasteiger partial charge in [0, 0.05) is 29.5 Å². The molecular weight excluding hydrogens is 500 g/mol. The Balaban J connectivity index is 1.49. The van der Waals surface area contributed by atoms with Crippen LogP contribution in [0.1, 0.15) is 87.7 Å². The summed E-state index contributed by atoms with van der Waals surface area (Å²) in [6.45, 7) is 9.15. The number of nitrogens with two attached hydrogens (primary N) is 2. The van der Waals surface area contributed by atoms with E-state index in [4.69, 9.17) is 16.2 Å². The number of carbonyl (C=O) groups excluding carboxylic acids is 1. The van der Waals surface area contributed by atoms with Crippen LogP contribution in [0, 0.1) is 22.7 Å². The Morgan fingerprint density at radius 3 is 2.62 bits per heavy atom. The maximum atomic E-state index is 13.5. The molecule has 0 unspecified atom stereocenters. The van der Waals surface area contributed by atoms with Gasteiger partial charge in [-0.1, -0.05) is 27.7 Å². The zero-order valence-corrected chi connectivity index (χ0v) is 23.4. The predicted octanol–water partition coefficient (Wildman–Crippen LogP) is 2.76. The zero-order chi connectivity index (χ0) is 28.5. The number of aliphatic imine (C=N–C) groups is 1. The fourth-order valence-corrected chi connectivity index (χ4v) is 8.45. The van der Waals surface area contributed by atoms with E-state index in [9.17, 15) is 24.9 Å². The Morgan fingerprint density at radius 2 is 1.95 bits per heavy atom. The summed E-state index contributed by atoms with van der Waals surface area (Å²) in [7, 11) is 0. The van der Waals surface area contributed by atoms with E-state index in [-0.39, 0.29) is 60.0 Å². The molecule has 2 aliphatic heterocycles. The van der Waals surface area contributed by atoms with Crippen molar-refractivity contribution in [3.05, 3.63) is 22.8 Å². The molecule has 2 saturated carbocycles. The summed E-state index contributed by atoms with van der Waals surface area (Å²) in [5.74, 6) is -0.612. The molecule has 214 valence electrons. The van der Waals surface area contributed by atoms with Crippen LogP contribution >= 0.6 is 0 Å². The minimum Gasteiger partial charge on any atom is -0.508 e. The van der Waals surface area contributed by atoms with Gasteiger partial charge in [0.1, 0.15) is 23.1 Å². The van der Waals surface area contributed by atoms with Crippen LogP contribution in [0.5, 0.6) is 11.5 Å². The number of aromatic hydroxyl groups is 1. The van der Waals surface area contributed by atoms with Crippen LogP contribution in [0.4, 0.5) is 0 Å². The van der Waals surface area contributed by atoms with Crippen molar-refractivity contribution in [2.24, 2.45) is 39.1 Å². The number of carboxylic acid groups (broad SMARTS) is 1. The van der Waals surface area contributed by atoms with Gasteiger partial charge in [0.2, 0.25) is 0 Å². The van der Waals surface area contributed by atoms with E-state index in [1.54, 1.807) is 0 Å². The number of fused-ring (bicyclic) bond motifs is 5. The first-order valence-electron chi connectivity index (χ1n) is 14.1. The number of phenols is 1. The summed E-state index contributed by atoms with van der Waals surface area (Å²) in [5.41, 5.74) is 11.3. The van der Waals surface area contributed by atoms with Gasteiger partial charge in [0.15, 0.2) is 5.96 Å². The van der Waals surface area contributed by atoms with Crippen LogP contribution < -0.4 is 16.2 Å². The minimum atomic E-state index is -1.10. The standard InChI is InChI=1S/C29H42N4O6/c1-15-7-8-21-27(2,3)22(35)9-10-28(21,4)29(15)13-17-20(34)12-16-18(23(17)39-29)14-33(24(16)36)19(25(37)38)6-5-11-32-26(30)31/h12,15,19,21-22,34-35H,5-11,13-14H2,1-4H3,(H,37,38)(H4,30,31,32)/t15-,19+,21+,22-,28+,29+/m1/s1. The summed E-state index contributed by atoms with van der Waals surface area (Å²) < 4.78 is 7.02. The maximum absolute atomic E-state index is 13.5. The first-order valence-corrected chi connectivity index (χ1v) is 14.1. The second-order valence-corrected chi connectivity index (χ2v) is 13.0. The molecule has 1 aromatic rings. The lowest BCUT2D eigenvalue weighted by molar-refractivity contribution is -0.210. The molecule has 0 aromatic heterocycles. The number of carboxylic acids is 1. The molecule has 1 amide bonds. The fraction of sp³-hybridized carbons (Fsp3) is 0.690. The Bertz CT molecular complexity index is 1230. The van der Waals surface area contributed by atoms with Gasteiger partial charge < -0.3 is 36.4 Å². The lowest BCUT2D eigenvalue weighted by atomic mass is 9.43. The Labute approximate surface area is 229 Å². The van der Waals surface area contributed by atoms with Crippen molar-refractivity contribution >= 4 is 17.8 Å². The number of aliphatic carboxylic acids is 1. The van der Waals surface area contributed by atoms with Crippen molar-refractivity contribution in [2.75, 3.05) is 6.54 Å². The van der Waals surface area contributed by atoms with Gasteiger partial charge in [-0.05, 0) is 61.8 Å². The number of phenolic OH excluding ortho intramolecular Hbond substituents is 1.